The molecule has 5 heteroatoms. The van der Waals surface area contributed by atoms with Gasteiger partial charge in [-0.1, -0.05) is 23.7 Å². The number of benzene rings is 1. The zero-order valence-corrected chi connectivity index (χ0v) is 12.3. The zero-order valence-electron chi connectivity index (χ0n) is 12.3. The lowest BCUT2D eigenvalue weighted by molar-refractivity contribution is -0.131. The van der Waals surface area contributed by atoms with Gasteiger partial charge in [-0.2, -0.15) is 0 Å². The minimum atomic E-state index is 0.0828. The molecule has 0 spiro atoms. The number of hydrogen-bond acceptors (Lipinski definition) is 4. The average Bonchev–Trinajstić information content (AvgIpc) is 3.13. The summed E-state index contributed by atoms with van der Waals surface area (Å²) in [5, 5.41) is 4.95. The first-order chi connectivity index (χ1) is 10.2. The third-order valence-electron chi connectivity index (χ3n) is 4.58. The van der Waals surface area contributed by atoms with Crippen LogP contribution in [0.1, 0.15) is 25.0 Å². The predicted octanol–water partition coefficient (Wildman–Crippen LogP) is 1.96. The van der Waals surface area contributed by atoms with Crippen LogP contribution < -0.4 is 5.73 Å². The molecule has 2 unspecified atom stereocenters. The van der Waals surface area contributed by atoms with Gasteiger partial charge in [0.2, 0.25) is 5.91 Å². The Kier molecular flexibility index (Phi) is 3.92. The average molecular weight is 287 g/mol. The Labute approximate surface area is 124 Å². The molecule has 21 heavy (non-hydrogen) atoms. The summed E-state index contributed by atoms with van der Waals surface area (Å²) in [4.78, 5) is 14.4. The minimum absolute atomic E-state index is 0.0828. The van der Waals surface area contributed by atoms with E-state index in [1.54, 1.807) is 0 Å². The van der Waals surface area contributed by atoms with Crippen molar-refractivity contribution in [2.75, 3.05) is 13.6 Å². The van der Waals surface area contributed by atoms with Crippen LogP contribution in [0.4, 0.5) is 0 Å². The number of para-hydroxylation sites is 1. The Hall–Kier alpha value is -1.88. The first-order valence-corrected chi connectivity index (χ1v) is 7.49. The minimum Gasteiger partial charge on any atom is -0.356 e. The topological polar surface area (TPSA) is 72.4 Å². The fraction of sp³-hybridized carbons (Fsp3) is 0.500. The van der Waals surface area contributed by atoms with Crippen molar-refractivity contribution < 1.29 is 9.32 Å². The number of amides is 1. The van der Waals surface area contributed by atoms with E-state index in [4.69, 9.17) is 10.3 Å². The van der Waals surface area contributed by atoms with Crippen LogP contribution in [0, 0.1) is 5.92 Å². The van der Waals surface area contributed by atoms with Crippen LogP contribution >= 0.6 is 0 Å². The van der Waals surface area contributed by atoms with Gasteiger partial charge in [0, 0.05) is 18.5 Å². The lowest BCUT2D eigenvalue weighted by atomic mass is 10.0. The van der Waals surface area contributed by atoms with Gasteiger partial charge in [-0.15, -0.1) is 0 Å². The van der Waals surface area contributed by atoms with Crippen molar-refractivity contribution in [3.8, 4) is 0 Å². The number of nitrogens with two attached hydrogens (primary N) is 1. The van der Waals surface area contributed by atoms with Crippen molar-refractivity contribution in [2.24, 2.45) is 11.7 Å². The summed E-state index contributed by atoms with van der Waals surface area (Å²) in [7, 11) is 1.88. The number of fused-ring (bicyclic) bond motifs is 1. The van der Waals surface area contributed by atoms with Gasteiger partial charge < -0.3 is 15.2 Å². The molecule has 1 aromatic heterocycles. The van der Waals surface area contributed by atoms with Gasteiger partial charge in [0.05, 0.1) is 6.42 Å². The molecule has 2 atom stereocenters. The molecule has 2 N–H and O–H groups in total. The second kappa shape index (κ2) is 5.85. The molecule has 1 aliphatic rings. The number of likely N-dealkylation sites (N-methyl/N-ethyl adjacent to an activating group) is 1. The Morgan fingerprint density at radius 2 is 2.24 bits per heavy atom. The normalized spacial score (nSPS) is 21.8. The molecule has 2 aromatic rings. The summed E-state index contributed by atoms with van der Waals surface area (Å²) in [5.74, 6) is 0.507. The number of carbonyl (C=O) groups is 1. The van der Waals surface area contributed by atoms with Crippen molar-refractivity contribution in [1.29, 1.82) is 0 Å². The lowest BCUT2D eigenvalue weighted by Gasteiger charge is -2.29. The van der Waals surface area contributed by atoms with Crippen LogP contribution in [0.2, 0.25) is 0 Å². The maximum Gasteiger partial charge on any atom is 0.228 e. The number of rotatable bonds is 4. The molecule has 0 bridgehead atoms. The molecule has 1 aliphatic carbocycles. The smallest absolute Gasteiger partial charge is 0.228 e. The largest absolute Gasteiger partial charge is 0.356 e. The molecule has 3 rings (SSSR count). The molecule has 1 heterocycles. The lowest BCUT2D eigenvalue weighted by Crippen LogP contribution is -2.42. The number of aromatic nitrogens is 1. The highest BCUT2D eigenvalue weighted by atomic mass is 16.5. The molecule has 1 saturated carbocycles. The Balaban J connectivity index is 1.74. The molecule has 1 amide bonds. The van der Waals surface area contributed by atoms with E-state index in [1.807, 2.05) is 36.2 Å². The number of nitrogens with zero attached hydrogens (tertiary/aromatic N) is 2. The second-order valence-corrected chi connectivity index (χ2v) is 5.80. The fourth-order valence-corrected chi connectivity index (χ4v) is 3.32. The van der Waals surface area contributed by atoms with E-state index < -0.39 is 0 Å². The summed E-state index contributed by atoms with van der Waals surface area (Å²) < 4.78 is 5.26. The van der Waals surface area contributed by atoms with Gasteiger partial charge in [-0.25, -0.2) is 0 Å². The van der Waals surface area contributed by atoms with E-state index >= 15 is 0 Å². The zero-order chi connectivity index (χ0) is 14.8. The first kappa shape index (κ1) is 14.1. The highest BCUT2D eigenvalue weighted by Crippen LogP contribution is 2.29. The summed E-state index contributed by atoms with van der Waals surface area (Å²) in [6, 6.07) is 7.89. The van der Waals surface area contributed by atoms with E-state index in [1.165, 1.54) is 0 Å². The molecule has 5 nitrogen and oxygen atoms in total. The molecular formula is C16H21N3O2. The van der Waals surface area contributed by atoms with E-state index in [-0.39, 0.29) is 18.4 Å². The van der Waals surface area contributed by atoms with Crippen LogP contribution in [0.5, 0.6) is 0 Å². The van der Waals surface area contributed by atoms with Crippen LogP contribution in [0.25, 0.3) is 11.0 Å². The Morgan fingerprint density at radius 1 is 1.43 bits per heavy atom. The van der Waals surface area contributed by atoms with Crippen LogP contribution in [-0.4, -0.2) is 35.6 Å². The third kappa shape index (κ3) is 2.65. The fourth-order valence-electron chi connectivity index (χ4n) is 3.32. The molecule has 0 saturated heterocycles. The number of hydrogen-bond donors (Lipinski definition) is 1. The van der Waals surface area contributed by atoms with Gasteiger partial charge >= 0.3 is 0 Å². The van der Waals surface area contributed by atoms with Crippen molar-refractivity contribution in [3.63, 3.8) is 0 Å². The summed E-state index contributed by atoms with van der Waals surface area (Å²) >= 11 is 0. The maximum atomic E-state index is 12.5. The SMILES string of the molecule is CN(C(=O)Cc1noc2ccccc12)C1CCCC1CN. The first-order valence-electron chi connectivity index (χ1n) is 7.49. The number of carbonyl (C=O) groups excluding carboxylic acids is 1. The molecule has 0 aliphatic heterocycles. The highest BCUT2D eigenvalue weighted by Gasteiger charge is 2.32. The van der Waals surface area contributed by atoms with E-state index in [9.17, 15) is 4.79 Å². The van der Waals surface area contributed by atoms with Crippen molar-refractivity contribution >= 4 is 16.9 Å². The summed E-state index contributed by atoms with van der Waals surface area (Å²) in [6.07, 6.45) is 3.59. The molecule has 0 radical (unpaired) electrons. The molecule has 1 fully saturated rings. The van der Waals surface area contributed by atoms with E-state index in [0.29, 0.717) is 18.2 Å². The summed E-state index contributed by atoms with van der Waals surface area (Å²) in [5.41, 5.74) is 7.25. The van der Waals surface area contributed by atoms with Gasteiger partial charge in [-0.05, 0) is 37.4 Å². The highest BCUT2D eigenvalue weighted by molar-refractivity contribution is 5.86. The third-order valence-corrected chi connectivity index (χ3v) is 4.58. The van der Waals surface area contributed by atoms with E-state index in [0.717, 1.165) is 30.2 Å². The van der Waals surface area contributed by atoms with Crippen molar-refractivity contribution in [2.45, 2.75) is 31.7 Å². The monoisotopic (exact) mass is 287 g/mol. The summed E-state index contributed by atoms with van der Waals surface area (Å²) in [6.45, 7) is 0.648. The van der Waals surface area contributed by atoms with E-state index in [2.05, 4.69) is 5.16 Å². The Bertz CT molecular complexity index is 637. The standard InChI is InChI=1S/C16H21N3O2/c1-19(14-7-4-5-11(14)10-17)16(20)9-13-12-6-2-3-8-15(12)21-18-13/h2-3,6,8,11,14H,4-5,7,9-10,17H2,1H3. The Morgan fingerprint density at radius 3 is 3.05 bits per heavy atom. The molecular weight excluding hydrogens is 266 g/mol. The van der Waals surface area contributed by atoms with Crippen LogP contribution in [0.15, 0.2) is 28.8 Å². The van der Waals surface area contributed by atoms with Gasteiger partial charge in [0.15, 0.2) is 5.58 Å². The quantitative estimate of drug-likeness (QED) is 0.933. The van der Waals surface area contributed by atoms with Gasteiger partial charge in [0.1, 0.15) is 5.69 Å². The predicted molar refractivity (Wildman–Crippen MR) is 80.7 cm³/mol. The second-order valence-electron chi connectivity index (χ2n) is 5.80. The maximum absolute atomic E-state index is 12.5. The van der Waals surface area contributed by atoms with Gasteiger partial charge in [0.25, 0.3) is 0 Å². The van der Waals surface area contributed by atoms with Crippen LogP contribution in [0.3, 0.4) is 0 Å². The molecule has 1 aromatic carbocycles. The van der Waals surface area contributed by atoms with Crippen molar-refractivity contribution in [1.82, 2.24) is 10.1 Å². The van der Waals surface area contributed by atoms with Crippen molar-refractivity contribution in [3.05, 3.63) is 30.0 Å². The van der Waals surface area contributed by atoms with Crippen LogP contribution in [-0.2, 0) is 11.2 Å². The van der Waals surface area contributed by atoms with Gasteiger partial charge in [-0.3, -0.25) is 4.79 Å². The molecule has 112 valence electrons.